The standard InChI is InChI=1S/C13H18N4O3/c1-3-17-11-5-4-9(6-10(11)15-16-17)12(19)14-7-13(2,20)8-18/h4-6,18,20H,3,7-8H2,1-2H3,(H,14,19). The number of amides is 1. The van der Waals surface area contributed by atoms with Gasteiger partial charge in [0.1, 0.15) is 11.1 Å². The first kappa shape index (κ1) is 14.4. The minimum atomic E-state index is -1.33. The Morgan fingerprint density at radius 1 is 1.50 bits per heavy atom. The molecule has 1 heterocycles. The Balaban J connectivity index is 2.15. The summed E-state index contributed by atoms with van der Waals surface area (Å²) < 4.78 is 1.74. The van der Waals surface area contributed by atoms with E-state index in [2.05, 4.69) is 15.6 Å². The van der Waals surface area contributed by atoms with Crippen LogP contribution in [0.3, 0.4) is 0 Å². The van der Waals surface area contributed by atoms with Crippen LogP contribution >= 0.6 is 0 Å². The molecule has 7 heteroatoms. The molecule has 2 aromatic rings. The summed E-state index contributed by atoms with van der Waals surface area (Å²) in [6.45, 7) is 3.68. The Labute approximate surface area is 116 Å². The van der Waals surface area contributed by atoms with Gasteiger partial charge in [-0.15, -0.1) is 5.10 Å². The Hall–Kier alpha value is -1.99. The first-order chi connectivity index (χ1) is 9.46. The highest BCUT2D eigenvalue weighted by molar-refractivity contribution is 5.97. The number of aliphatic hydroxyl groups is 2. The minimum absolute atomic E-state index is 0.0258. The maximum Gasteiger partial charge on any atom is 0.251 e. The maximum absolute atomic E-state index is 12.0. The molecule has 0 fully saturated rings. The van der Waals surface area contributed by atoms with Crippen LogP contribution in [0.4, 0.5) is 0 Å². The SMILES string of the molecule is CCn1nnc2cc(C(=O)NCC(C)(O)CO)ccc21. The van der Waals surface area contributed by atoms with E-state index in [1.807, 2.05) is 6.92 Å². The lowest BCUT2D eigenvalue weighted by Crippen LogP contribution is -2.43. The second-order valence-corrected chi connectivity index (χ2v) is 4.95. The van der Waals surface area contributed by atoms with Crippen LogP contribution in [-0.4, -0.2) is 49.9 Å². The third-order valence-corrected chi connectivity index (χ3v) is 3.05. The van der Waals surface area contributed by atoms with E-state index in [9.17, 15) is 9.90 Å². The number of carbonyl (C=O) groups is 1. The van der Waals surface area contributed by atoms with Gasteiger partial charge in [-0.25, -0.2) is 4.68 Å². The lowest BCUT2D eigenvalue weighted by molar-refractivity contribution is 0.00320. The third-order valence-electron chi connectivity index (χ3n) is 3.05. The van der Waals surface area contributed by atoms with Crippen LogP contribution in [0.5, 0.6) is 0 Å². The molecule has 1 atom stereocenters. The molecule has 7 nitrogen and oxygen atoms in total. The normalized spacial score (nSPS) is 14.2. The van der Waals surface area contributed by atoms with Crippen LogP contribution in [0, 0.1) is 0 Å². The second kappa shape index (κ2) is 5.56. The van der Waals surface area contributed by atoms with Crippen molar-refractivity contribution in [2.75, 3.05) is 13.2 Å². The van der Waals surface area contributed by atoms with Gasteiger partial charge >= 0.3 is 0 Å². The smallest absolute Gasteiger partial charge is 0.251 e. The predicted molar refractivity (Wildman–Crippen MR) is 73.2 cm³/mol. The van der Waals surface area contributed by atoms with Gasteiger partial charge in [0.2, 0.25) is 0 Å². The number of fused-ring (bicyclic) bond motifs is 1. The fourth-order valence-electron chi connectivity index (χ4n) is 1.78. The summed E-state index contributed by atoms with van der Waals surface area (Å²) in [6.07, 6.45) is 0. The number of rotatable bonds is 5. The maximum atomic E-state index is 12.0. The van der Waals surface area contributed by atoms with Crippen molar-refractivity contribution in [2.45, 2.75) is 26.0 Å². The van der Waals surface area contributed by atoms with Crippen molar-refractivity contribution >= 4 is 16.9 Å². The predicted octanol–water partition coefficient (Wildman–Crippen LogP) is -0.0757. The summed E-state index contributed by atoms with van der Waals surface area (Å²) in [7, 11) is 0. The van der Waals surface area contributed by atoms with Crippen LogP contribution < -0.4 is 5.32 Å². The molecule has 1 amide bonds. The van der Waals surface area contributed by atoms with Crippen LogP contribution in [0.25, 0.3) is 11.0 Å². The van der Waals surface area contributed by atoms with Crippen molar-refractivity contribution in [3.63, 3.8) is 0 Å². The topological polar surface area (TPSA) is 100 Å². The van der Waals surface area contributed by atoms with Gasteiger partial charge in [-0.3, -0.25) is 4.79 Å². The highest BCUT2D eigenvalue weighted by Crippen LogP contribution is 2.13. The molecule has 1 unspecified atom stereocenters. The van der Waals surface area contributed by atoms with E-state index in [0.717, 1.165) is 5.52 Å². The van der Waals surface area contributed by atoms with Gasteiger partial charge in [0.05, 0.1) is 12.1 Å². The lowest BCUT2D eigenvalue weighted by Gasteiger charge is -2.20. The summed E-state index contributed by atoms with van der Waals surface area (Å²) in [6, 6.07) is 5.12. The highest BCUT2D eigenvalue weighted by atomic mass is 16.3. The molecule has 1 aromatic carbocycles. The van der Waals surface area contributed by atoms with Gasteiger partial charge in [-0.05, 0) is 32.0 Å². The zero-order valence-corrected chi connectivity index (χ0v) is 11.5. The van der Waals surface area contributed by atoms with Crippen molar-refractivity contribution in [3.8, 4) is 0 Å². The number of carbonyl (C=O) groups excluding carboxylic acids is 1. The molecule has 2 rings (SSSR count). The molecule has 0 aliphatic heterocycles. The van der Waals surface area contributed by atoms with E-state index in [4.69, 9.17) is 5.11 Å². The van der Waals surface area contributed by atoms with Crippen LogP contribution in [0.1, 0.15) is 24.2 Å². The number of hydrogen-bond donors (Lipinski definition) is 3. The third kappa shape index (κ3) is 2.94. The number of aliphatic hydroxyl groups excluding tert-OH is 1. The van der Waals surface area contributed by atoms with Crippen LogP contribution in [-0.2, 0) is 6.54 Å². The van der Waals surface area contributed by atoms with E-state index in [1.165, 1.54) is 6.92 Å². The Morgan fingerprint density at radius 3 is 2.90 bits per heavy atom. The number of nitrogens with one attached hydrogen (secondary N) is 1. The fourth-order valence-corrected chi connectivity index (χ4v) is 1.78. The van der Waals surface area contributed by atoms with Crippen molar-refractivity contribution < 1.29 is 15.0 Å². The molecule has 20 heavy (non-hydrogen) atoms. The summed E-state index contributed by atoms with van der Waals surface area (Å²) in [5, 5.41) is 29.1. The van der Waals surface area contributed by atoms with Crippen molar-refractivity contribution in [3.05, 3.63) is 23.8 Å². The highest BCUT2D eigenvalue weighted by Gasteiger charge is 2.20. The number of hydrogen-bond acceptors (Lipinski definition) is 5. The van der Waals surface area contributed by atoms with Gasteiger partial charge in [0, 0.05) is 18.7 Å². The summed E-state index contributed by atoms with van der Waals surface area (Å²) >= 11 is 0. The molecule has 3 N–H and O–H groups in total. The van der Waals surface area contributed by atoms with E-state index >= 15 is 0 Å². The van der Waals surface area contributed by atoms with Crippen LogP contribution in [0.15, 0.2) is 18.2 Å². The van der Waals surface area contributed by atoms with Gasteiger partial charge < -0.3 is 15.5 Å². The molecular formula is C13H18N4O3. The van der Waals surface area contributed by atoms with Crippen molar-refractivity contribution in [1.82, 2.24) is 20.3 Å². The number of aromatic nitrogens is 3. The Morgan fingerprint density at radius 2 is 2.25 bits per heavy atom. The molecule has 0 saturated carbocycles. The molecule has 0 bridgehead atoms. The van der Waals surface area contributed by atoms with E-state index in [0.29, 0.717) is 17.6 Å². The van der Waals surface area contributed by atoms with Gasteiger partial charge in [-0.2, -0.15) is 0 Å². The molecule has 0 radical (unpaired) electrons. The summed E-state index contributed by atoms with van der Waals surface area (Å²) in [4.78, 5) is 12.0. The zero-order valence-electron chi connectivity index (χ0n) is 11.5. The quantitative estimate of drug-likeness (QED) is 0.710. The first-order valence-electron chi connectivity index (χ1n) is 6.41. The largest absolute Gasteiger partial charge is 0.393 e. The zero-order chi connectivity index (χ0) is 14.8. The average molecular weight is 278 g/mol. The van der Waals surface area contributed by atoms with Gasteiger partial charge in [-0.1, -0.05) is 5.21 Å². The van der Waals surface area contributed by atoms with Crippen molar-refractivity contribution in [1.29, 1.82) is 0 Å². The lowest BCUT2D eigenvalue weighted by atomic mass is 10.1. The Bertz CT molecular complexity index is 621. The molecule has 108 valence electrons. The molecule has 0 spiro atoms. The minimum Gasteiger partial charge on any atom is -0.393 e. The first-order valence-corrected chi connectivity index (χ1v) is 6.41. The number of benzene rings is 1. The monoisotopic (exact) mass is 278 g/mol. The van der Waals surface area contributed by atoms with E-state index in [-0.39, 0.29) is 12.5 Å². The fraction of sp³-hybridized carbons (Fsp3) is 0.462. The van der Waals surface area contributed by atoms with Crippen molar-refractivity contribution in [2.24, 2.45) is 0 Å². The molecule has 1 aromatic heterocycles. The van der Waals surface area contributed by atoms with E-state index in [1.54, 1.807) is 22.9 Å². The number of nitrogens with zero attached hydrogens (tertiary/aromatic N) is 3. The van der Waals surface area contributed by atoms with E-state index < -0.39 is 12.2 Å². The molecular weight excluding hydrogens is 260 g/mol. The Kier molecular flexibility index (Phi) is 4.01. The number of aryl methyl sites for hydroxylation is 1. The van der Waals surface area contributed by atoms with Gasteiger partial charge in [0.15, 0.2) is 0 Å². The summed E-state index contributed by atoms with van der Waals surface area (Å²) in [5.74, 6) is -0.327. The average Bonchev–Trinajstić information content (AvgIpc) is 2.87. The van der Waals surface area contributed by atoms with Crippen LogP contribution in [0.2, 0.25) is 0 Å². The summed E-state index contributed by atoms with van der Waals surface area (Å²) in [5.41, 5.74) is 0.625. The van der Waals surface area contributed by atoms with Gasteiger partial charge in [0.25, 0.3) is 5.91 Å². The molecule has 0 aliphatic rings. The second-order valence-electron chi connectivity index (χ2n) is 4.95. The molecule has 0 aliphatic carbocycles. The molecule has 0 saturated heterocycles.